The van der Waals surface area contributed by atoms with Gasteiger partial charge in [0.05, 0.1) is 30.1 Å². The Labute approximate surface area is 203 Å². The van der Waals surface area contributed by atoms with Crippen LogP contribution in [-0.2, 0) is 9.53 Å². The van der Waals surface area contributed by atoms with Gasteiger partial charge in [-0.05, 0) is 98.7 Å². The first kappa shape index (κ1) is 25.2. The fourth-order valence-electron chi connectivity index (χ4n) is 8.65. The highest BCUT2D eigenvalue weighted by atomic mass is 16.5. The van der Waals surface area contributed by atoms with Crippen LogP contribution >= 0.6 is 0 Å². The second-order valence-electron chi connectivity index (χ2n) is 11.7. The van der Waals surface area contributed by atoms with Crippen LogP contribution in [0.5, 0.6) is 0 Å². The number of rotatable bonds is 6. The summed E-state index contributed by atoms with van der Waals surface area (Å²) in [5.41, 5.74) is 0.0322. The van der Waals surface area contributed by atoms with E-state index in [9.17, 15) is 4.79 Å². The van der Waals surface area contributed by atoms with E-state index in [2.05, 4.69) is 12.0 Å². The summed E-state index contributed by atoms with van der Waals surface area (Å²) in [6.07, 6.45) is 11.1. The van der Waals surface area contributed by atoms with Gasteiger partial charge in [-0.3, -0.25) is 9.80 Å². The van der Waals surface area contributed by atoms with Gasteiger partial charge in [0.25, 0.3) is 0 Å². The lowest BCUT2D eigenvalue weighted by molar-refractivity contribution is -0.131. The quantitative estimate of drug-likeness (QED) is 0.214. The Kier molecular flexibility index (Phi) is 7.32. The zero-order valence-electron chi connectivity index (χ0n) is 20.4. The maximum absolute atomic E-state index is 13.4. The van der Waals surface area contributed by atoms with Gasteiger partial charge in [-0.15, -0.1) is 0 Å². The highest BCUT2D eigenvalue weighted by molar-refractivity contribution is 6.69. The third kappa shape index (κ3) is 4.65. The van der Waals surface area contributed by atoms with Crippen LogP contribution in [0.3, 0.4) is 0 Å². The topological polar surface area (TPSA) is 93.9 Å². The number of amidine groups is 1. The Morgan fingerprint density at radius 3 is 2.48 bits per heavy atom. The molecule has 4 N–H and O–H groups in total. The van der Waals surface area contributed by atoms with Crippen molar-refractivity contribution < 1.29 is 9.53 Å². The van der Waals surface area contributed by atoms with Crippen LogP contribution in [0.2, 0.25) is 5.11 Å². The first-order valence-electron chi connectivity index (χ1n) is 12.8. The van der Waals surface area contributed by atoms with Crippen molar-refractivity contribution in [3.63, 3.8) is 0 Å². The number of hydrazine groups is 1. The van der Waals surface area contributed by atoms with Crippen LogP contribution in [0.1, 0.15) is 64.7 Å². The fraction of sp³-hybridized carbons (Fsp3) is 0.917. The molecule has 4 rings (SSSR count). The number of hydrogen-bond acceptors (Lipinski definition) is 5. The molecule has 4 fully saturated rings. The summed E-state index contributed by atoms with van der Waals surface area (Å²) in [4.78, 5) is 13.4. The summed E-state index contributed by atoms with van der Waals surface area (Å²) in [5.74, 6) is 16.1. The number of fused-ring (bicyclic) bond motifs is 5. The maximum Gasteiger partial charge on any atom is 0.157 e. The molecule has 0 heterocycles. The second-order valence-corrected chi connectivity index (χ2v) is 11.7. The van der Waals surface area contributed by atoms with E-state index in [0.717, 1.165) is 60.5 Å². The molecule has 33 heavy (non-hydrogen) atoms. The normalized spacial score (nSPS) is 41.1. The van der Waals surface area contributed by atoms with Crippen molar-refractivity contribution >= 4 is 35.2 Å². The predicted molar refractivity (Wildman–Crippen MR) is 133 cm³/mol. The van der Waals surface area contributed by atoms with Gasteiger partial charge >= 0.3 is 0 Å². The van der Waals surface area contributed by atoms with E-state index in [1.807, 2.05) is 7.11 Å². The molecule has 8 atom stereocenters. The molecule has 4 saturated carbocycles. The average Bonchev–Trinajstić information content (AvgIpc) is 3.10. The van der Waals surface area contributed by atoms with Crippen molar-refractivity contribution in [2.75, 3.05) is 20.3 Å². The first-order valence-corrected chi connectivity index (χ1v) is 12.8. The molecule has 6 nitrogen and oxygen atoms in total. The van der Waals surface area contributed by atoms with Crippen molar-refractivity contribution in [2.45, 2.75) is 69.8 Å². The summed E-state index contributed by atoms with van der Waals surface area (Å²) < 4.78 is 5.46. The van der Waals surface area contributed by atoms with E-state index < -0.39 is 5.11 Å². The first-order chi connectivity index (χ1) is 15.6. The standard InChI is InChI=1S/C24H39B3N4O2/c1-23-10-9-17-16-5-3-14(13-33-2)11-15(16)4-6-18(17)19(23)7-8-20(23)21(32)12-31(29)22(30-28)24(25,26)27/h14-20H,3-13,28-29H2,1-2H3/b30-22-. The molecule has 4 aliphatic rings. The number of nitrogens with zero attached hydrogens (tertiary/aromatic N) is 2. The zero-order valence-corrected chi connectivity index (χ0v) is 20.4. The van der Waals surface area contributed by atoms with E-state index in [-0.39, 0.29) is 29.5 Å². The van der Waals surface area contributed by atoms with Gasteiger partial charge in [0.1, 0.15) is 5.84 Å². The number of Topliss-reactive ketones (excluding diaryl/α,β-unsaturated/α-hetero) is 1. The summed E-state index contributed by atoms with van der Waals surface area (Å²) >= 11 is 0. The van der Waals surface area contributed by atoms with Gasteiger partial charge in [0.15, 0.2) is 5.78 Å². The lowest BCUT2D eigenvalue weighted by atomic mass is 9.42. The van der Waals surface area contributed by atoms with Crippen LogP contribution < -0.4 is 11.7 Å². The number of nitrogens with two attached hydrogens (primary N) is 2. The zero-order chi connectivity index (χ0) is 24.0. The van der Waals surface area contributed by atoms with Crippen molar-refractivity contribution in [1.29, 1.82) is 0 Å². The van der Waals surface area contributed by atoms with E-state index in [4.69, 9.17) is 40.0 Å². The van der Waals surface area contributed by atoms with Gasteiger partial charge < -0.3 is 10.6 Å². The lowest BCUT2D eigenvalue weighted by Crippen LogP contribution is -2.52. The van der Waals surface area contributed by atoms with Gasteiger partial charge in [-0.1, -0.05) is 12.0 Å². The lowest BCUT2D eigenvalue weighted by Gasteiger charge is -2.56. The number of carbonyl (C=O) groups excluding carboxylic acids is 1. The third-order valence-corrected chi connectivity index (χ3v) is 9.96. The fourth-order valence-corrected chi connectivity index (χ4v) is 8.65. The van der Waals surface area contributed by atoms with Crippen LogP contribution in [-0.4, -0.2) is 60.4 Å². The van der Waals surface area contributed by atoms with Crippen LogP contribution in [0.15, 0.2) is 5.10 Å². The summed E-state index contributed by atoms with van der Waals surface area (Å²) in [6, 6.07) is 0. The number of methoxy groups -OCH3 is 1. The molecule has 0 aromatic rings. The molecule has 0 bridgehead atoms. The third-order valence-electron chi connectivity index (χ3n) is 9.96. The molecular weight excluding hydrogens is 409 g/mol. The summed E-state index contributed by atoms with van der Waals surface area (Å²) in [7, 11) is 19.0. The van der Waals surface area contributed by atoms with Crippen LogP contribution in [0.25, 0.3) is 0 Å². The van der Waals surface area contributed by atoms with E-state index >= 15 is 0 Å². The van der Waals surface area contributed by atoms with Crippen molar-refractivity contribution in [3.8, 4) is 0 Å². The Morgan fingerprint density at radius 1 is 1.09 bits per heavy atom. The Bertz CT molecular complexity index is 760. The Morgan fingerprint density at radius 2 is 1.82 bits per heavy atom. The van der Waals surface area contributed by atoms with Gasteiger partial charge in [-0.25, -0.2) is 5.84 Å². The number of ketones is 1. The highest BCUT2D eigenvalue weighted by Crippen LogP contribution is 2.64. The molecule has 0 aliphatic heterocycles. The number of carbonyl (C=O) groups is 1. The van der Waals surface area contributed by atoms with E-state index in [1.54, 1.807) is 0 Å². The maximum atomic E-state index is 13.4. The van der Waals surface area contributed by atoms with Crippen molar-refractivity contribution in [2.24, 2.45) is 63.6 Å². The average molecular weight is 448 g/mol. The van der Waals surface area contributed by atoms with Gasteiger partial charge in [0, 0.05) is 19.6 Å². The SMILES string of the molecule is [B]C([B])([B])/C(=N/N)N(N)CC(=O)C1CCC2C3CCC4CC(COC)CCC4C3CCC12C. The molecule has 8 unspecified atom stereocenters. The van der Waals surface area contributed by atoms with Gasteiger partial charge in [0.2, 0.25) is 0 Å². The molecule has 0 spiro atoms. The molecule has 0 aromatic heterocycles. The smallest absolute Gasteiger partial charge is 0.157 e. The van der Waals surface area contributed by atoms with E-state index in [0.29, 0.717) is 5.92 Å². The molecular formula is C24H39B3N4O2. The predicted octanol–water partition coefficient (Wildman–Crippen LogP) is 2.11. The minimum Gasteiger partial charge on any atom is -0.384 e. The Hall–Kier alpha value is -0.945. The molecule has 0 aromatic carbocycles. The number of hydrazone groups is 1. The minimum absolute atomic E-state index is 0.00795. The molecule has 176 valence electrons. The van der Waals surface area contributed by atoms with Crippen molar-refractivity contribution in [3.05, 3.63) is 0 Å². The summed E-state index contributed by atoms with van der Waals surface area (Å²) in [6.45, 7) is 3.23. The molecule has 4 aliphatic carbocycles. The monoisotopic (exact) mass is 448 g/mol. The van der Waals surface area contributed by atoms with Gasteiger partial charge in [-0.2, -0.15) is 5.10 Å². The van der Waals surface area contributed by atoms with E-state index in [1.165, 1.54) is 38.5 Å². The minimum atomic E-state index is -1.79. The van der Waals surface area contributed by atoms with Crippen molar-refractivity contribution in [1.82, 2.24) is 5.01 Å². The largest absolute Gasteiger partial charge is 0.384 e. The molecule has 9 heteroatoms. The number of hydrogen-bond donors (Lipinski definition) is 2. The molecule has 0 saturated heterocycles. The van der Waals surface area contributed by atoms with Crippen LogP contribution in [0.4, 0.5) is 0 Å². The number of ether oxygens (including phenoxy) is 1. The Balaban J connectivity index is 1.43. The molecule has 0 amide bonds. The highest BCUT2D eigenvalue weighted by Gasteiger charge is 2.58. The summed E-state index contributed by atoms with van der Waals surface area (Å²) in [5, 5.41) is 2.86. The second kappa shape index (κ2) is 9.60. The molecule has 6 radical (unpaired) electrons. The van der Waals surface area contributed by atoms with Crippen LogP contribution in [0, 0.1) is 46.8 Å².